The van der Waals surface area contributed by atoms with Crippen LogP contribution in [-0.2, 0) is 16.4 Å². The standard InChI is InChI=1S/C17H24N2O2S2/c1-19(2)16(17-11-6-12-22-17)14-18-23(20,21)13-7-10-15-8-4-3-5-9-15/h3-6,8-9,11-12,16,18H,7,10,13-14H2,1-2H3. The van der Waals surface area contributed by atoms with Gasteiger partial charge < -0.3 is 4.90 Å². The van der Waals surface area contributed by atoms with E-state index in [1.54, 1.807) is 11.3 Å². The van der Waals surface area contributed by atoms with Crippen molar-refractivity contribution >= 4 is 21.4 Å². The van der Waals surface area contributed by atoms with Gasteiger partial charge in [0, 0.05) is 11.4 Å². The number of aryl methyl sites for hydroxylation is 1. The Morgan fingerprint density at radius 3 is 2.48 bits per heavy atom. The van der Waals surface area contributed by atoms with Crippen LogP contribution in [0, 0.1) is 0 Å². The molecule has 0 saturated carbocycles. The van der Waals surface area contributed by atoms with E-state index in [9.17, 15) is 8.42 Å². The molecule has 0 spiro atoms. The highest BCUT2D eigenvalue weighted by molar-refractivity contribution is 7.89. The maximum atomic E-state index is 12.2. The second-order valence-corrected chi connectivity index (χ2v) is 8.66. The van der Waals surface area contributed by atoms with Crippen LogP contribution in [0.4, 0.5) is 0 Å². The van der Waals surface area contributed by atoms with Crippen LogP contribution in [0.15, 0.2) is 47.8 Å². The minimum atomic E-state index is -3.24. The number of sulfonamides is 1. The van der Waals surface area contributed by atoms with E-state index in [-0.39, 0.29) is 11.8 Å². The summed E-state index contributed by atoms with van der Waals surface area (Å²) in [6.07, 6.45) is 1.41. The second-order valence-electron chi connectivity index (χ2n) is 5.75. The summed E-state index contributed by atoms with van der Waals surface area (Å²) in [6.45, 7) is 0.404. The van der Waals surface area contributed by atoms with Gasteiger partial charge in [0.15, 0.2) is 0 Å². The summed E-state index contributed by atoms with van der Waals surface area (Å²) >= 11 is 1.65. The van der Waals surface area contributed by atoms with Gasteiger partial charge in [0.1, 0.15) is 0 Å². The average Bonchev–Trinajstić information content (AvgIpc) is 3.02. The largest absolute Gasteiger partial charge is 0.300 e. The number of thiophene rings is 1. The summed E-state index contributed by atoms with van der Waals surface area (Å²) in [6, 6.07) is 14.1. The first-order valence-corrected chi connectivity index (χ1v) is 10.2. The van der Waals surface area contributed by atoms with Crippen molar-refractivity contribution in [3.63, 3.8) is 0 Å². The van der Waals surface area contributed by atoms with E-state index in [4.69, 9.17) is 0 Å². The molecule has 1 atom stereocenters. The number of hydrogen-bond donors (Lipinski definition) is 1. The highest BCUT2D eigenvalue weighted by Gasteiger charge is 2.18. The molecule has 6 heteroatoms. The van der Waals surface area contributed by atoms with Crippen LogP contribution in [0.5, 0.6) is 0 Å². The van der Waals surface area contributed by atoms with Gasteiger partial charge in [-0.15, -0.1) is 11.3 Å². The van der Waals surface area contributed by atoms with E-state index in [2.05, 4.69) is 4.72 Å². The Morgan fingerprint density at radius 2 is 1.87 bits per heavy atom. The van der Waals surface area contributed by atoms with E-state index in [1.165, 1.54) is 10.4 Å². The summed E-state index contributed by atoms with van der Waals surface area (Å²) in [5, 5.41) is 2.01. The van der Waals surface area contributed by atoms with Gasteiger partial charge in [-0.1, -0.05) is 36.4 Å². The van der Waals surface area contributed by atoms with Crippen LogP contribution >= 0.6 is 11.3 Å². The highest BCUT2D eigenvalue weighted by Crippen LogP contribution is 2.22. The molecule has 2 aromatic rings. The van der Waals surface area contributed by atoms with Crippen molar-refractivity contribution in [3.8, 4) is 0 Å². The summed E-state index contributed by atoms with van der Waals surface area (Å²) in [5.74, 6) is 0.159. The SMILES string of the molecule is CN(C)C(CNS(=O)(=O)CCCc1ccccc1)c1cccs1. The lowest BCUT2D eigenvalue weighted by atomic mass is 10.1. The zero-order valence-electron chi connectivity index (χ0n) is 13.6. The minimum absolute atomic E-state index is 0.0684. The lowest BCUT2D eigenvalue weighted by molar-refractivity contribution is 0.303. The van der Waals surface area contributed by atoms with Gasteiger partial charge >= 0.3 is 0 Å². The third-order valence-corrected chi connectivity index (χ3v) is 6.12. The Labute approximate surface area is 143 Å². The van der Waals surface area contributed by atoms with Gasteiger partial charge in [0.2, 0.25) is 10.0 Å². The number of nitrogens with zero attached hydrogens (tertiary/aromatic N) is 1. The molecule has 0 radical (unpaired) electrons. The van der Waals surface area contributed by atoms with Gasteiger partial charge in [-0.3, -0.25) is 0 Å². The molecule has 0 saturated heterocycles. The number of nitrogens with one attached hydrogen (secondary N) is 1. The Morgan fingerprint density at radius 1 is 1.13 bits per heavy atom. The lowest BCUT2D eigenvalue weighted by Crippen LogP contribution is -2.35. The fourth-order valence-electron chi connectivity index (χ4n) is 2.41. The Balaban J connectivity index is 1.83. The third kappa shape index (κ3) is 6.06. The summed E-state index contributed by atoms with van der Waals surface area (Å²) in [5.41, 5.74) is 1.17. The number of likely N-dealkylation sites (N-methyl/N-ethyl adjacent to an activating group) is 1. The smallest absolute Gasteiger partial charge is 0.211 e. The topological polar surface area (TPSA) is 49.4 Å². The number of benzene rings is 1. The molecular formula is C17H24N2O2S2. The van der Waals surface area contributed by atoms with Crippen LogP contribution in [-0.4, -0.2) is 39.7 Å². The maximum Gasteiger partial charge on any atom is 0.211 e. The highest BCUT2D eigenvalue weighted by atomic mass is 32.2. The van der Waals surface area contributed by atoms with Crippen LogP contribution in [0.1, 0.15) is 22.9 Å². The van der Waals surface area contributed by atoms with Crippen LogP contribution in [0.3, 0.4) is 0 Å². The molecule has 2 rings (SSSR count). The van der Waals surface area contributed by atoms with Crippen molar-refractivity contribution < 1.29 is 8.42 Å². The molecule has 0 aliphatic rings. The first-order valence-electron chi connectivity index (χ1n) is 7.69. The molecule has 0 amide bonds. The molecule has 0 fully saturated rings. The van der Waals surface area contributed by atoms with Crippen molar-refractivity contribution in [2.75, 3.05) is 26.4 Å². The lowest BCUT2D eigenvalue weighted by Gasteiger charge is -2.23. The Bertz CT molecular complexity index is 668. The zero-order valence-corrected chi connectivity index (χ0v) is 15.2. The van der Waals surface area contributed by atoms with Crippen LogP contribution in [0.25, 0.3) is 0 Å². The summed E-state index contributed by atoms with van der Waals surface area (Å²) in [7, 11) is 0.689. The van der Waals surface area contributed by atoms with Gasteiger partial charge in [-0.2, -0.15) is 0 Å². The van der Waals surface area contributed by atoms with E-state index in [0.717, 1.165) is 6.42 Å². The van der Waals surface area contributed by atoms with E-state index in [0.29, 0.717) is 13.0 Å². The molecule has 1 unspecified atom stereocenters. The molecule has 1 aromatic heterocycles. The van der Waals surface area contributed by atoms with E-state index >= 15 is 0 Å². The molecule has 1 aromatic carbocycles. The Kier molecular flexibility index (Phi) is 6.77. The van der Waals surface area contributed by atoms with Crippen molar-refractivity contribution in [1.29, 1.82) is 0 Å². The quantitative estimate of drug-likeness (QED) is 0.755. The van der Waals surface area contributed by atoms with Crippen LogP contribution < -0.4 is 4.72 Å². The maximum absolute atomic E-state index is 12.2. The van der Waals surface area contributed by atoms with E-state index < -0.39 is 10.0 Å². The Hall–Kier alpha value is -1.21. The number of hydrogen-bond acceptors (Lipinski definition) is 4. The summed E-state index contributed by atoms with van der Waals surface area (Å²) in [4.78, 5) is 3.21. The van der Waals surface area contributed by atoms with Crippen LogP contribution in [0.2, 0.25) is 0 Å². The monoisotopic (exact) mass is 352 g/mol. The van der Waals surface area contributed by atoms with Crippen molar-refractivity contribution in [2.45, 2.75) is 18.9 Å². The molecule has 1 heterocycles. The van der Waals surface area contributed by atoms with E-state index in [1.807, 2.05) is 66.8 Å². The third-order valence-electron chi connectivity index (χ3n) is 3.71. The van der Waals surface area contributed by atoms with Gasteiger partial charge in [-0.05, 0) is 43.9 Å². The predicted molar refractivity (Wildman–Crippen MR) is 97.3 cm³/mol. The molecular weight excluding hydrogens is 328 g/mol. The molecule has 126 valence electrons. The molecule has 0 aliphatic heterocycles. The normalized spacial score (nSPS) is 13.3. The summed E-state index contributed by atoms with van der Waals surface area (Å²) < 4.78 is 27.1. The zero-order chi connectivity index (χ0) is 16.7. The average molecular weight is 353 g/mol. The molecule has 1 N–H and O–H groups in total. The minimum Gasteiger partial charge on any atom is -0.300 e. The first-order chi connectivity index (χ1) is 11.0. The van der Waals surface area contributed by atoms with Gasteiger partial charge in [0.25, 0.3) is 0 Å². The fraction of sp³-hybridized carbons (Fsp3) is 0.412. The number of rotatable bonds is 9. The van der Waals surface area contributed by atoms with Crippen molar-refractivity contribution in [1.82, 2.24) is 9.62 Å². The van der Waals surface area contributed by atoms with Crippen molar-refractivity contribution in [2.24, 2.45) is 0 Å². The molecule has 0 aliphatic carbocycles. The van der Waals surface area contributed by atoms with Crippen molar-refractivity contribution in [3.05, 3.63) is 58.3 Å². The van der Waals surface area contributed by atoms with Gasteiger partial charge in [0.05, 0.1) is 11.8 Å². The second kappa shape index (κ2) is 8.59. The fourth-order valence-corrected chi connectivity index (χ4v) is 4.41. The molecule has 4 nitrogen and oxygen atoms in total. The van der Waals surface area contributed by atoms with Gasteiger partial charge in [-0.25, -0.2) is 13.1 Å². The molecule has 23 heavy (non-hydrogen) atoms. The molecule has 0 bridgehead atoms. The predicted octanol–water partition coefficient (Wildman–Crippen LogP) is 2.90. The first kappa shape index (κ1) is 18.1.